The van der Waals surface area contributed by atoms with Gasteiger partial charge in [0.15, 0.2) is 0 Å². The third kappa shape index (κ3) is 5.36. The van der Waals surface area contributed by atoms with Gasteiger partial charge in [0.2, 0.25) is 0 Å². The minimum absolute atomic E-state index is 0.0441. The molecule has 2 aromatic heterocycles. The van der Waals surface area contributed by atoms with E-state index in [9.17, 15) is 40.7 Å². The zero-order valence-electron chi connectivity index (χ0n) is 14.4. The first kappa shape index (κ1) is 22.4. The molecule has 2 rings (SSSR count). The molecule has 0 bridgehead atoms. The van der Waals surface area contributed by atoms with E-state index < -0.39 is 49.2 Å². The summed E-state index contributed by atoms with van der Waals surface area (Å²) in [5.74, 6) is 0. The van der Waals surface area contributed by atoms with Crippen molar-refractivity contribution in [3.63, 3.8) is 0 Å². The van der Waals surface area contributed by atoms with Gasteiger partial charge in [-0.2, -0.15) is 31.4 Å². The number of hydrogen-bond acceptors (Lipinski definition) is 5. The van der Waals surface area contributed by atoms with E-state index in [0.29, 0.717) is 15.9 Å². The van der Waals surface area contributed by atoms with Crippen molar-refractivity contribution in [1.82, 2.24) is 14.6 Å². The summed E-state index contributed by atoms with van der Waals surface area (Å²) < 4.78 is 76.5. The van der Waals surface area contributed by atoms with E-state index in [-0.39, 0.29) is 25.2 Å². The van der Waals surface area contributed by atoms with E-state index in [1.807, 2.05) is 0 Å². The number of carbonyl (C=O) groups is 1. The Labute approximate surface area is 160 Å². The number of carboxylic acid groups (broad SMARTS) is 1. The van der Waals surface area contributed by atoms with Crippen LogP contribution in [-0.4, -0.2) is 38.9 Å². The standard InChI is InChI=1S/C14H12F6N4O4S/c1-6-7(4-21-22-11(26)27)29-10-8(6)9(25)24(5-14(18,19)20)12(28)23(10)3-2-13(15,16)17/h4,22H,2-3,5H2,1H3,(H,26,27). The quantitative estimate of drug-likeness (QED) is 0.419. The SMILES string of the molecule is Cc1c(C=NNC(=O)O)sc2c1c(=O)n(CC(F)(F)F)c(=O)n2CCC(F)(F)F. The van der Waals surface area contributed by atoms with Crippen molar-refractivity contribution in [3.8, 4) is 0 Å². The summed E-state index contributed by atoms with van der Waals surface area (Å²) in [6.45, 7) is -1.67. The number of hydrazone groups is 1. The van der Waals surface area contributed by atoms with Crippen LogP contribution in [-0.2, 0) is 13.1 Å². The van der Waals surface area contributed by atoms with Crippen molar-refractivity contribution in [2.75, 3.05) is 0 Å². The summed E-state index contributed by atoms with van der Waals surface area (Å²) in [7, 11) is 0. The maximum atomic E-state index is 12.8. The molecular weight excluding hydrogens is 434 g/mol. The highest BCUT2D eigenvalue weighted by molar-refractivity contribution is 7.20. The number of hydrogen-bond donors (Lipinski definition) is 2. The molecule has 2 heterocycles. The predicted octanol–water partition coefficient (Wildman–Crippen LogP) is 2.65. The minimum atomic E-state index is -4.96. The molecule has 0 aliphatic carbocycles. The van der Waals surface area contributed by atoms with Gasteiger partial charge in [-0.05, 0) is 12.5 Å². The number of halogens is 6. The van der Waals surface area contributed by atoms with Crippen molar-refractivity contribution in [1.29, 1.82) is 0 Å². The highest BCUT2D eigenvalue weighted by atomic mass is 32.1. The molecule has 160 valence electrons. The van der Waals surface area contributed by atoms with Gasteiger partial charge in [-0.15, -0.1) is 11.3 Å². The molecule has 15 heteroatoms. The summed E-state index contributed by atoms with van der Waals surface area (Å²) in [6, 6.07) is 0. The Morgan fingerprint density at radius 1 is 1.17 bits per heavy atom. The number of aryl methyl sites for hydroxylation is 2. The molecule has 8 nitrogen and oxygen atoms in total. The van der Waals surface area contributed by atoms with E-state index in [1.165, 1.54) is 6.92 Å². The molecule has 0 aliphatic rings. The number of alkyl halides is 6. The second-order valence-electron chi connectivity index (χ2n) is 5.75. The molecule has 0 fully saturated rings. The van der Waals surface area contributed by atoms with Gasteiger partial charge < -0.3 is 5.11 Å². The lowest BCUT2D eigenvalue weighted by Gasteiger charge is -2.14. The highest BCUT2D eigenvalue weighted by Gasteiger charge is 2.33. The Morgan fingerprint density at radius 2 is 1.79 bits per heavy atom. The Balaban J connectivity index is 2.75. The minimum Gasteiger partial charge on any atom is -0.464 e. The van der Waals surface area contributed by atoms with Gasteiger partial charge in [-0.3, -0.25) is 13.9 Å². The molecule has 0 unspecified atom stereocenters. The lowest BCUT2D eigenvalue weighted by Crippen LogP contribution is -2.43. The fourth-order valence-electron chi connectivity index (χ4n) is 2.44. The normalized spacial score (nSPS) is 12.8. The molecule has 0 aromatic carbocycles. The average molecular weight is 446 g/mol. The van der Waals surface area contributed by atoms with Crippen LogP contribution in [0.3, 0.4) is 0 Å². The van der Waals surface area contributed by atoms with Crippen molar-refractivity contribution in [3.05, 3.63) is 31.3 Å². The van der Waals surface area contributed by atoms with Crippen LogP contribution in [0.2, 0.25) is 0 Å². The van der Waals surface area contributed by atoms with Gasteiger partial charge >= 0.3 is 24.1 Å². The highest BCUT2D eigenvalue weighted by Crippen LogP contribution is 2.28. The number of thiophene rings is 1. The van der Waals surface area contributed by atoms with E-state index in [4.69, 9.17) is 5.11 Å². The zero-order valence-corrected chi connectivity index (χ0v) is 15.2. The van der Waals surface area contributed by atoms with Crippen molar-refractivity contribution >= 4 is 33.9 Å². The number of nitrogens with zero attached hydrogens (tertiary/aromatic N) is 3. The number of rotatable bonds is 5. The molecule has 2 N–H and O–H groups in total. The van der Waals surface area contributed by atoms with E-state index >= 15 is 0 Å². The second-order valence-corrected chi connectivity index (χ2v) is 6.78. The monoisotopic (exact) mass is 446 g/mol. The summed E-state index contributed by atoms with van der Waals surface area (Å²) in [5.41, 5.74) is -1.16. The molecule has 0 spiro atoms. The summed E-state index contributed by atoms with van der Waals surface area (Å²) >= 11 is 0.627. The van der Waals surface area contributed by atoms with Crippen molar-refractivity contribution in [2.45, 2.75) is 38.8 Å². The van der Waals surface area contributed by atoms with Crippen LogP contribution in [0.5, 0.6) is 0 Å². The molecule has 2 aromatic rings. The molecule has 0 aliphatic heterocycles. The number of nitrogens with one attached hydrogen (secondary N) is 1. The second kappa shape index (κ2) is 7.88. The van der Waals surface area contributed by atoms with Crippen molar-refractivity contribution < 1.29 is 36.2 Å². The summed E-state index contributed by atoms with van der Waals surface area (Å²) in [4.78, 5) is 35.1. The number of aromatic nitrogens is 2. The fraction of sp³-hybridized carbons (Fsp3) is 0.429. The molecule has 0 saturated heterocycles. The van der Waals surface area contributed by atoms with Gasteiger partial charge in [0.25, 0.3) is 5.56 Å². The predicted molar refractivity (Wildman–Crippen MR) is 90.6 cm³/mol. The molecule has 0 saturated carbocycles. The van der Waals surface area contributed by atoms with Crippen LogP contribution in [0.25, 0.3) is 10.2 Å². The van der Waals surface area contributed by atoms with Gasteiger partial charge in [-0.1, -0.05) is 0 Å². The third-order valence-electron chi connectivity index (χ3n) is 3.63. The molecule has 0 atom stereocenters. The Kier molecular flexibility index (Phi) is 6.10. The van der Waals surface area contributed by atoms with E-state index in [2.05, 4.69) is 5.10 Å². The number of amides is 1. The van der Waals surface area contributed by atoms with Crippen LogP contribution in [0, 0.1) is 6.92 Å². The largest absolute Gasteiger partial charge is 0.464 e. The Bertz CT molecular complexity index is 1080. The lowest BCUT2D eigenvalue weighted by molar-refractivity contribution is -0.143. The van der Waals surface area contributed by atoms with Crippen LogP contribution in [0.15, 0.2) is 14.7 Å². The number of fused-ring (bicyclic) bond motifs is 1. The first-order chi connectivity index (χ1) is 13.2. The fourth-order valence-corrected chi connectivity index (χ4v) is 3.63. The maximum absolute atomic E-state index is 12.8. The van der Waals surface area contributed by atoms with Gasteiger partial charge in [0.1, 0.15) is 11.4 Å². The Hall–Kier alpha value is -2.84. The van der Waals surface area contributed by atoms with Gasteiger partial charge in [-0.25, -0.2) is 15.0 Å². The molecular formula is C14H12F6N4O4S. The topological polar surface area (TPSA) is 106 Å². The lowest BCUT2D eigenvalue weighted by atomic mass is 10.2. The third-order valence-corrected chi connectivity index (χ3v) is 4.88. The molecule has 29 heavy (non-hydrogen) atoms. The molecule has 0 radical (unpaired) electrons. The maximum Gasteiger partial charge on any atom is 0.425 e. The first-order valence-electron chi connectivity index (χ1n) is 7.63. The van der Waals surface area contributed by atoms with E-state index in [1.54, 1.807) is 5.43 Å². The van der Waals surface area contributed by atoms with Crippen LogP contribution in [0.4, 0.5) is 31.1 Å². The van der Waals surface area contributed by atoms with Crippen LogP contribution >= 0.6 is 11.3 Å². The first-order valence-corrected chi connectivity index (χ1v) is 8.45. The van der Waals surface area contributed by atoms with Crippen molar-refractivity contribution in [2.24, 2.45) is 5.10 Å². The Morgan fingerprint density at radius 3 is 2.31 bits per heavy atom. The van der Waals surface area contributed by atoms with Crippen LogP contribution in [0.1, 0.15) is 16.9 Å². The van der Waals surface area contributed by atoms with Gasteiger partial charge in [0.05, 0.1) is 22.9 Å². The van der Waals surface area contributed by atoms with Gasteiger partial charge in [0, 0.05) is 6.54 Å². The summed E-state index contributed by atoms with van der Waals surface area (Å²) in [5, 5.41) is 11.4. The van der Waals surface area contributed by atoms with Crippen LogP contribution < -0.4 is 16.7 Å². The summed E-state index contributed by atoms with van der Waals surface area (Å²) in [6.07, 6.45) is -11.8. The smallest absolute Gasteiger partial charge is 0.425 e. The average Bonchev–Trinajstić information content (AvgIpc) is 2.86. The van der Waals surface area contributed by atoms with E-state index in [0.717, 1.165) is 6.21 Å². The molecule has 1 amide bonds. The zero-order chi connectivity index (χ0) is 22.1.